The van der Waals surface area contributed by atoms with Crippen LogP contribution >= 0.6 is 0 Å². The molecule has 4 fully saturated rings. The van der Waals surface area contributed by atoms with E-state index >= 15 is 0 Å². The van der Waals surface area contributed by atoms with Gasteiger partial charge < -0.3 is 116 Å². The summed E-state index contributed by atoms with van der Waals surface area (Å²) in [5.41, 5.74) is 0. The molecule has 23 heteroatoms. The van der Waals surface area contributed by atoms with Crippen LogP contribution in [0.5, 0.6) is 0 Å². The van der Waals surface area contributed by atoms with E-state index in [-0.39, 0.29) is 20.6 Å². The third-order valence-electron chi connectivity index (χ3n) is 8.37. The molecule has 0 aromatic carbocycles. The Kier molecular flexibility index (Phi) is 20.4. The Labute approximate surface area is 285 Å². The predicted octanol–water partition coefficient (Wildman–Crippen LogP) is -10.9. The van der Waals surface area contributed by atoms with Gasteiger partial charge in [-0.15, -0.1) is 0 Å². The monoisotopic (exact) mass is 746 g/mol. The highest BCUT2D eigenvalue weighted by Crippen LogP contribution is 2.27. The lowest BCUT2D eigenvalue weighted by atomic mass is 9.90. The van der Waals surface area contributed by atoms with Crippen molar-refractivity contribution in [2.75, 3.05) is 39.6 Å². The third-order valence-corrected chi connectivity index (χ3v) is 8.37. The van der Waals surface area contributed by atoms with Crippen molar-refractivity contribution < 1.29 is 116 Å². The molecule has 0 saturated carbocycles. The van der Waals surface area contributed by atoms with Gasteiger partial charge in [-0.05, 0) is 0 Å². The molecule has 4 heterocycles. The van der Waals surface area contributed by atoms with Crippen molar-refractivity contribution in [3.63, 3.8) is 0 Å². The molecule has 50 heavy (non-hydrogen) atoms. The Morgan fingerprint density at radius 3 is 1.00 bits per heavy atom. The van der Waals surface area contributed by atoms with E-state index in [0.717, 1.165) is 0 Å². The molecule has 300 valence electrons. The number of ether oxygens (including phenoxy) is 5. The quantitative estimate of drug-likeness (QED) is 0.110. The van der Waals surface area contributed by atoms with Gasteiger partial charge in [0.15, 0.2) is 18.9 Å². The summed E-state index contributed by atoms with van der Waals surface area (Å²) in [5.74, 6) is -0.853. The second-order valence-corrected chi connectivity index (χ2v) is 11.7. The maximum atomic E-state index is 9.99. The van der Waals surface area contributed by atoms with E-state index in [0.29, 0.717) is 0 Å². The molecule has 4 aliphatic rings. The SMILES string of the molecule is C.OCC1O[C@@H](O)C(O)[C@H](O)[C@H]1O.OCC1O[C@H](O)C(O)[C@H](O)[C@@H]1COC[C@@H]1OC(CO)[C@H](O)[C@@H](O)C1O.OCC1O[C@H](O)C(O)[C@H](O)[C@@H]1O. The number of hydrogen-bond donors (Lipinski definition) is 18. The first kappa shape index (κ1) is 47.1. The van der Waals surface area contributed by atoms with Gasteiger partial charge >= 0.3 is 0 Å². The fraction of sp³-hybridized carbons (Fsp3) is 1.00. The van der Waals surface area contributed by atoms with Crippen LogP contribution in [0.2, 0.25) is 0 Å². The fourth-order valence-electron chi connectivity index (χ4n) is 5.19. The molecule has 0 aromatic rings. The van der Waals surface area contributed by atoms with Gasteiger partial charge in [-0.25, -0.2) is 0 Å². The van der Waals surface area contributed by atoms with Gasteiger partial charge in [-0.2, -0.15) is 0 Å². The Balaban J connectivity index is 0.000000418. The van der Waals surface area contributed by atoms with Crippen molar-refractivity contribution in [2.24, 2.45) is 5.92 Å². The summed E-state index contributed by atoms with van der Waals surface area (Å²) in [5, 5.41) is 166. The Morgan fingerprint density at radius 2 is 0.620 bits per heavy atom. The van der Waals surface area contributed by atoms with E-state index in [2.05, 4.69) is 9.47 Å². The summed E-state index contributed by atoms with van der Waals surface area (Å²) in [6.07, 6.45) is -26.2. The normalized spacial score (nSPS) is 47.9. The summed E-state index contributed by atoms with van der Waals surface area (Å²) < 4.78 is 24.8. The van der Waals surface area contributed by atoms with Crippen molar-refractivity contribution in [1.82, 2.24) is 0 Å². The van der Waals surface area contributed by atoms with Crippen molar-refractivity contribution in [2.45, 2.75) is 124 Å². The van der Waals surface area contributed by atoms with Crippen molar-refractivity contribution in [1.29, 1.82) is 0 Å². The molecule has 8 unspecified atom stereocenters. The van der Waals surface area contributed by atoms with Crippen molar-refractivity contribution in [3.05, 3.63) is 0 Å². The van der Waals surface area contributed by atoms with Gasteiger partial charge in [-0.3, -0.25) is 0 Å². The predicted molar refractivity (Wildman–Crippen MR) is 157 cm³/mol. The molecule has 4 saturated heterocycles. The van der Waals surface area contributed by atoms with Crippen LogP contribution in [-0.4, -0.2) is 248 Å². The second-order valence-electron chi connectivity index (χ2n) is 11.7. The van der Waals surface area contributed by atoms with Gasteiger partial charge in [0.25, 0.3) is 0 Å². The molecule has 0 bridgehead atoms. The van der Waals surface area contributed by atoms with Crippen molar-refractivity contribution in [3.8, 4) is 0 Å². The van der Waals surface area contributed by atoms with Crippen LogP contribution in [0.25, 0.3) is 0 Å². The van der Waals surface area contributed by atoms with Crippen LogP contribution in [0.4, 0.5) is 0 Å². The van der Waals surface area contributed by atoms with E-state index in [9.17, 15) is 35.7 Å². The number of aliphatic hydroxyl groups is 18. The Hall–Kier alpha value is -0.920. The number of rotatable bonds is 8. The minimum atomic E-state index is -1.63. The molecule has 0 radical (unpaired) electrons. The molecule has 4 rings (SSSR count). The smallest absolute Gasteiger partial charge is 0.184 e. The van der Waals surface area contributed by atoms with Crippen LogP contribution in [0.1, 0.15) is 7.43 Å². The highest BCUT2D eigenvalue weighted by Gasteiger charge is 2.46. The molecule has 18 N–H and O–H groups in total. The lowest BCUT2D eigenvalue weighted by molar-refractivity contribution is -0.286. The Morgan fingerprint density at radius 1 is 0.320 bits per heavy atom. The van der Waals surface area contributed by atoms with E-state index in [1.54, 1.807) is 0 Å². The van der Waals surface area contributed by atoms with Crippen molar-refractivity contribution >= 4 is 0 Å². The first-order valence-corrected chi connectivity index (χ1v) is 15.1. The number of aliphatic hydroxyl groups excluding tert-OH is 18. The fourth-order valence-corrected chi connectivity index (χ4v) is 5.19. The lowest BCUT2D eigenvalue weighted by Crippen LogP contribution is -2.60. The van der Waals surface area contributed by atoms with E-state index in [1.807, 2.05) is 0 Å². The Bertz CT molecular complexity index is 876. The lowest BCUT2D eigenvalue weighted by Gasteiger charge is -2.41. The molecular weight excluding hydrogens is 692 g/mol. The zero-order chi connectivity index (χ0) is 37.3. The molecule has 0 aromatic heterocycles. The average molecular weight is 747 g/mol. The molecule has 23 nitrogen and oxygen atoms in total. The minimum Gasteiger partial charge on any atom is -0.394 e. The van der Waals surface area contributed by atoms with Gasteiger partial charge in [0, 0.05) is 5.92 Å². The van der Waals surface area contributed by atoms with Crippen LogP contribution < -0.4 is 0 Å². The van der Waals surface area contributed by atoms with Gasteiger partial charge in [-0.1, -0.05) is 7.43 Å². The molecule has 0 spiro atoms. The first-order chi connectivity index (χ1) is 23.0. The summed E-state index contributed by atoms with van der Waals surface area (Å²) >= 11 is 0. The molecule has 20 atom stereocenters. The van der Waals surface area contributed by atoms with Crippen LogP contribution in [0, 0.1) is 5.92 Å². The maximum Gasteiger partial charge on any atom is 0.184 e. The van der Waals surface area contributed by atoms with E-state index < -0.39 is 149 Å². The van der Waals surface area contributed by atoms with Gasteiger partial charge in [0.05, 0.1) is 51.8 Å². The minimum absolute atomic E-state index is 0. The number of hydrogen-bond acceptors (Lipinski definition) is 23. The topological polar surface area (TPSA) is 410 Å². The van der Waals surface area contributed by atoms with Crippen LogP contribution in [-0.2, 0) is 23.7 Å². The van der Waals surface area contributed by atoms with E-state index in [4.69, 9.17) is 70.4 Å². The first-order valence-electron chi connectivity index (χ1n) is 15.1. The maximum absolute atomic E-state index is 9.99. The zero-order valence-electron chi connectivity index (χ0n) is 25.9. The average Bonchev–Trinajstić information content (AvgIpc) is 3.09. The highest BCUT2D eigenvalue weighted by molar-refractivity contribution is 4.93. The summed E-state index contributed by atoms with van der Waals surface area (Å²) in [7, 11) is 0. The van der Waals surface area contributed by atoms with Crippen LogP contribution in [0.3, 0.4) is 0 Å². The largest absolute Gasteiger partial charge is 0.394 e. The standard InChI is InChI=1S/C14H26O11.2C6H12O6.CH4/c15-1-6-5(9(17)13(21)14(22)25-6)3-23-4-8-11(19)12(20)10(18)7(2-16)24-8;2*7-1-2-3(8)4(9)5(10)6(11)12-2;/h5-22H,1-4H2;2*2-11H,1H2;1H4/t5-,6?,7?,8+,9-,10+,11?,12-,13?,14+;2?,3-,4+,5?,6+;2?,3-,4-,5?,6+;/m101./s1. The van der Waals surface area contributed by atoms with E-state index in [1.165, 1.54) is 0 Å². The summed E-state index contributed by atoms with van der Waals surface area (Å²) in [4.78, 5) is 0. The third kappa shape index (κ3) is 11.5. The molecule has 4 aliphatic heterocycles. The summed E-state index contributed by atoms with van der Waals surface area (Å²) in [6.45, 7) is -2.58. The summed E-state index contributed by atoms with van der Waals surface area (Å²) in [6, 6.07) is 0. The second kappa shape index (κ2) is 21.7. The highest BCUT2D eigenvalue weighted by atomic mass is 16.7. The van der Waals surface area contributed by atoms with Gasteiger partial charge in [0.2, 0.25) is 0 Å². The molecular formula is C27H54O23. The van der Waals surface area contributed by atoms with Crippen LogP contribution in [0.15, 0.2) is 0 Å². The zero-order valence-corrected chi connectivity index (χ0v) is 25.9. The molecule has 0 amide bonds. The van der Waals surface area contributed by atoms with Gasteiger partial charge in [0.1, 0.15) is 85.5 Å². The molecule has 0 aliphatic carbocycles.